The van der Waals surface area contributed by atoms with E-state index in [0.717, 1.165) is 11.2 Å². The molecule has 2 aliphatic rings. The fraction of sp³-hybridized carbons (Fsp3) is 0.900. The fourth-order valence-electron chi connectivity index (χ4n) is 2.35. The van der Waals surface area contributed by atoms with Crippen LogP contribution in [0.15, 0.2) is 0 Å². The minimum absolute atomic E-state index is 0.248. The van der Waals surface area contributed by atoms with Crippen molar-refractivity contribution >= 4 is 20.9 Å². The van der Waals surface area contributed by atoms with Crippen LogP contribution in [0.2, 0.25) is 5.32 Å². The van der Waals surface area contributed by atoms with Gasteiger partial charge in [0.25, 0.3) is 0 Å². The molecule has 0 aromatic rings. The summed E-state index contributed by atoms with van der Waals surface area (Å²) in [6.07, 6.45) is 6.68. The van der Waals surface area contributed by atoms with Gasteiger partial charge in [0.15, 0.2) is 0 Å². The molecule has 2 N–H and O–H groups in total. The van der Waals surface area contributed by atoms with Gasteiger partial charge in [0.2, 0.25) is 0 Å². The molecule has 2 atom stereocenters. The normalized spacial score (nSPS) is 34.6. The van der Waals surface area contributed by atoms with E-state index in [1.807, 2.05) is 0 Å². The molecule has 1 heterocycles. The number of hydrogen-bond acceptors (Lipinski definition) is 2. The van der Waals surface area contributed by atoms with E-state index >= 15 is 0 Å². The number of hydrogen-bond donors (Lipinski definition) is 2. The average molecular weight is 262 g/mol. The van der Waals surface area contributed by atoms with Gasteiger partial charge in [-0.25, -0.2) is 0 Å². The molecule has 3 nitrogen and oxygen atoms in total. The summed E-state index contributed by atoms with van der Waals surface area (Å²) in [5.41, 5.74) is 0. The molecule has 0 bridgehead atoms. The van der Waals surface area contributed by atoms with E-state index in [1.54, 1.807) is 0 Å². The molecule has 0 aromatic carbocycles. The van der Waals surface area contributed by atoms with Crippen molar-refractivity contribution in [3.8, 4) is 0 Å². The molecule has 0 spiro atoms. The average Bonchev–Trinajstić information content (AvgIpc) is 2.68. The Morgan fingerprint density at radius 3 is 2.57 bits per heavy atom. The number of rotatable bonds is 2. The maximum absolute atomic E-state index is 10.8. The van der Waals surface area contributed by atoms with Gasteiger partial charge in [0.1, 0.15) is 0 Å². The van der Waals surface area contributed by atoms with Gasteiger partial charge in [-0.15, -0.1) is 0 Å². The quantitative estimate of drug-likeness (QED) is 0.732. The van der Waals surface area contributed by atoms with Crippen LogP contribution in [0.4, 0.5) is 0 Å². The van der Waals surface area contributed by atoms with Crippen LogP contribution >= 0.6 is 0 Å². The van der Waals surface area contributed by atoms with E-state index in [4.69, 9.17) is 5.11 Å². The van der Waals surface area contributed by atoms with Crippen molar-refractivity contribution in [1.29, 1.82) is 0 Å². The van der Waals surface area contributed by atoms with Crippen molar-refractivity contribution in [2.75, 3.05) is 0 Å². The fourth-order valence-corrected chi connectivity index (χ4v) is 5.37. The van der Waals surface area contributed by atoms with Gasteiger partial charge in [-0.3, -0.25) is 0 Å². The van der Waals surface area contributed by atoms with Crippen molar-refractivity contribution in [2.45, 2.75) is 48.4 Å². The zero-order valence-electron chi connectivity index (χ0n) is 8.24. The molecule has 4 heteroatoms. The van der Waals surface area contributed by atoms with Gasteiger partial charge in [0, 0.05) is 0 Å². The molecule has 0 amide bonds. The van der Waals surface area contributed by atoms with Crippen molar-refractivity contribution in [1.82, 2.24) is 5.32 Å². The Balaban J connectivity index is 1.85. The first kappa shape index (κ1) is 10.5. The zero-order chi connectivity index (χ0) is 9.97. The van der Waals surface area contributed by atoms with Gasteiger partial charge in [0.05, 0.1) is 0 Å². The summed E-state index contributed by atoms with van der Waals surface area (Å²) in [4.78, 5) is 11.3. The third-order valence-corrected chi connectivity index (χ3v) is 6.13. The van der Waals surface area contributed by atoms with E-state index in [2.05, 4.69) is 5.32 Å². The number of carbonyl (C=O) groups is 1. The summed E-state index contributed by atoms with van der Waals surface area (Å²) >= 11 is 0.505. The first-order valence-corrected chi connectivity index (χ1v) is 7.58. The second kappa shape index (κ2) is 4.65. The summed E-state index contributed by atoms with van der Waals surface area (Å²) < 4.78 is 0. The Labute approximate surface area is 90.8 Å². The SMILES string of the molecule is O=C(O)[C@@H]1C[Se]C(C2CCCCC2)N1. The van der Waals surface area contributed by atoms with E-state index in [9.17, 15) is 4.79 Å². The van der Waals surface area contributed by atoms with Gasteiger partial charge in [-0.05, 0) is 0 Å². The first-order chi connectivity index (χ1) is 6.77. The van der Waals surface area contributed by atoms with Crippen LogP contribution in [0, 0.1) is 5.92 Å². The zero-order valence-corrected chi connectivity index (χ0v) is 9.95. The Hall–Kier alpha value is -0.0505. The summed E-state index contributed by atoms with van der Waals surface area (Å²) in [6, 6.07) is -0.248. The molecule has 0 aromatic heterocycles. The van der Waals surface area contributed by atoms with Crippen LogP contribution in [-0.2, 0) is 4.79 Å². The molecule has 1 saturated heterocycles. The number of aliphatic carboxylic acids is 1. The Morgan fingerprint density at radius 2 is 2.00 bits per heavy atom. The summed E-state index contributed by atoms with van der Waals surface area (Å²) in [6.45, 7) is 0. The molecular formula is C10H17NO2Se. The second-order valence-corrected chi connectivity index (χ2v) is 6.67. The van der Waals surface area contributed by atoms with Crippen LogP contribution in [0.3, 0.4) is 0 Å². The second-order valence-electron chi connectivity index (χ2n) is 4.21. The van der Waals surface area contributed by atoms with Gasteiger partial charge in [-0.2, -0.15) is 0 Å². The van der Waals surface area contributed by atoms with Crippen molar-refractivity contribution in [3.05, 3.63) is 0 Å². The summed E-state index contributed by atoms with van der Waals surface area (Å²) in [7, 11) is 0. The van der Waals surface area contributed by atoms with Crippen LogP contribution in [0.5, 0.6) is 0 Å². The van der Waals surface area contributed by atoms with E-state index in [-0.39, 0.29) is 6.04 Å². The standard InChI is InChI=1S/C10H17NO2Se/c12-10(13)8-6-14-9(11-8)7-4-2-1-3-5-7/h7-9,11H,1-6H2,(H,12,13)/t8-,9?/m0/s1. The maximum atomic E-state index is 10.8. The third kappa shape index (κ3) is 2.30. The number of nitrogens with one attached hydrogen (secondary N) is 1. The molecule has 2 rings (SSSR count). The van der Waals surface area contributed by atoms with Crippen LogP contribution in [0.1, 0.15) is 32.1 Å². The molecule has 0 radical (unpaired) electrons. The van der Waals surface area contributed by atoms with Gasteiger partial charge >= 0.3 is 90.5 Å². The van der Waals surface area contributed by atoms with Crippen LogP contribution in [-0.4, -0.2) is 37.0 Å². The molecule has 80 valence electrons. The molecule has 1 unspecified atom stereocenters. The van der Waals surface area contributed by atoms with Crippen molar-refractivity contribution < 1.29 is 9.90 Å². The van der Waals surface area contributed by atoms with Crippen LogP contribution < -0.4 is 5.32 Å². The molecule has 1 aliphatic heterocycles. The van der Waals surface area contributed by atoms with E-state index in [0.29, 0.717) is 19.9 Å². The van der Waals surface area contributed by atoms with Gasteiger partial charge < -0.3 is 0 Å². The van der Waals surface area contributed by atoms with Gasteiger partial charge in [-0.1, -0.05) is 0 Å². The third-order valence-electron chi connectivity index (χ3n) is 3.18. The van der Waals surface area contributed by atoms with Crippen molar-refractivity contribution in [3.63, 3.8) is 0 Å². The topological polar surface area (TPSA) is 49.3 Å². The molecule has 1 aliphatic carbocycles. The molecule has 14 heavy (non-hydrogen) atoms. The summed E-state index contributed by atoms with van der Waals surface area (Å²) in [5, 5.41) is 13.0. The Bertz CT molecular complexity index is 216. The molecule has 2 fully saturated rings. The number of carboxylic acid groups (broad SMARTS) is 1. The predicted molar refractivity (Wildman–Crippen MR) is 55.5 cm³/mol. The van der Waals surface area contributed by atoms with E-state index in [1.165, 1.54) is 32.1 Å². The van der Waals surface area contributed by atoms with Crippen molar-refractivity contribution in [2.24, 2.45) is 5.92 Å². The first-order valence-electron chi connectivity index (χ1n) is 5.38. The predicted octanol–water partition coefficient (Wildman–Crippen LogP) is 1.07. The molecular weight excluding hydrogens is 245 g/mol. The molecule has 1 saturated carbocycles. The summed E-state index contributed by atoms with van der Waals surface area (Å²) in [5.74, 6) is 0.110. The minimum atomic E-state index is -0.662. The Morgan fingerprint density at radius 1 is 1.29 bits per heavy atom. The monoisotopic (exact) mass is 263 g/mol. The van der Waals surface area contributed by atoms with E-state index < -0.39 is 5.97 Å². The number of carboxylic acids is 1. The van der Waals surface area contributed by atoms with Crippen LogP contribution in [0.25, 0.3) is 0 Å². The Kier molecular flexibility index (Phi) is 3.47.